The lowest BCUT2D eigenvalue weighted by Gasteiger charge is -2.15. The molecule has 1 N–H and O–H groups in total. The van der Waals surface area contributed by atoms with Gasteiger partial charge in [0.1, 0.15) is 5.75 Å². The highest BCUT2D eigenvalue weighted by Gasteiger charge is 2.12. The summed E-state index contributed by atoms with van der Waals surface area (Å²) in [7, 11) is 1.71. The molecule has 16 heavy (non-hydrogen) atoms. The molecule has 0 fully saturated rings. The molecule has 1 heterocycles. The Kier molecular flexibility index (Phi) is 6.19. The first-order chi connectivity index (χ1) is 7.81. The van der Waals surface area contributed by atoms with Crippen molar-refractivity contribution in [3.8, 4) is 5.75 Å². The zero-order valence-corrected chi connectivity index (χ0v) is 11.0. The van der Waals surface area contributed by atoms with Gasteiger partial charge in [0.05, 0.1) is 7.11 Å². The van der Waals surface area contributed by atoms with Gasteiger partial charge in [-0.25, -0.2) is 0 Å². The Morgan fingerprint density at radius 1 is 1.62 bits per heavy atom. The summed E-state index contributed by atoms with van der Waals surface area (Å²) in [5.41, 5.74) is 0. The smallest absolute Gasteiger partial charge is 0.129 e. The molecule has 0 radical (unpaired) electrons. The second-order valence-electron chi connectivity index (χ2n) is 3.72. The molecule has 90 valence electrons. The van der Waals surface area contributed by atoms with E-state index in [1.54, 1.807) is 18.4 Å². The number of hydrogen-bond acceptors (Lipinski definition) is 3. The van der Waals surface area contributed by atoms with Crippen LogP contribution in [0.2, 0.25) is 0 Å². The topological polar surface area (TPSA) is 21.3 Å². The maximum absolute atomic E-state index is 5.22. The number of rotatable bonds is 8. The second kappa shape index (κ2) is 7.47. The van der Waals surface area contributed by atoms with Crippen molar-refractivity contribution in [2.24, 2.45) is 0 Å². The number of unbranched alkanes of at least 4 members (excludes halogenated alkanes) is 1. The van der Waals surface area contributed by atoms with Crippen LogP contribution in [0.4, 0.5) is 0 Å². The van der Waals surface area contributed by atoms with E-state index >= 15 is 0 Å². The lowest BCUT2D eigenvalue weighted by atomic mass is 10.1. The molecule has 0 aromatic carbocycles. The Morgan fingerprint density at radius 3 is 3.00 bits per heavy atom. The molecule has 1 unspecified atom stereocenters. The molecular formula is C13H21NOS. The maximum atomic E-state index is 5.22. The summed E-state index contributed by atoms with van der Waals surface area (Å²) in [6.45, 7) is 6.90. The van der Waals surface area contributed by atoms with Gasteiger partial charge in [0.2, 0.25) is 0 Å². The van der Waals surface area contributed by atoms with Gasteiger partial charge in [-0.3, -0.25) is 0 Å². The molecule has 0 saturated carbocycles. The Balaban J connectivity index is 2.57. The van der Waals surface area contributed by atoms with Gasteiger partial charge in [0.15, 0.2) is 0 Å². The number of methoxy groups -OCH3 is 1. The molecule has 0 spiro atoms. The molecule has 0 amide bonds. The normalized spacial score (nSPS) is 12.4. The molecule has 0 bridgehead atoms. The van der Waals surface area contributed by atoms with Crippen LogP contribution in [0.15, 0.2) is 24.1 Å². The third kappa shape index (κ3) is 3.99. The van der Waals surface area contributed by atoms with E-state index in [2.05, 4.69) is 30.3 Å². The summed E-state index contributed by atoms with van der Waals surface area (Å²) in [5.74, 6) is 0.964. The van der Waals surface area contributed by atoms with Gasteiger partial charge in [-0.2, -0.15) is 0 Å². The van der Waals surface area contributed by atoms with Crippen molar-refractivity contribution in [2.75, 3.05) is 13.7 Å². The highest BCUT2D eigenvalue weighted by Crippen LogP contribution is 2.29. The van der Waals surface area contributed by atoms with Crippen LogP contribution < -0.4 is 10.1 Å². The van der Waals surface area contributed by atoms with Crippen molar-refractivity contribution < 1.29 is 4.74 Å². The Bertz CT molecular complexity index is 309. The van der Waals surface area contributed by atoms with Gasteiger partial charge >= 0.3 is 0 Å². The minimum Gasteiger partial charge on any atom is -0.496 e. The first-order valence-electron chi connectivity index (χ1n) is 5.78. The minimum absolute atomic E-state index is 0.457. The molecule has 1 aromatic rings. The van der Waals surface area contributed by atoms with Gasteiger partial charge < -0.3 is 10.1 Å². The summed E-state index contributed by atoms with van der Waals surface area (Å²) in [6.07, 6.45) is 5.41. The van der Waals surface area contributed by atoms with Gasteiger partial charge in [0.25, 0.3) is 0 Å². The lowest BCUT2D eigenvalue weighted by Crippen LogP contribution is -2.19. The summed E-state index contributed by atoms with van der Waals surface area (Å²) >= 11 is 1.77. The van der Waals surface area contributed by atoms with Crippen molar-refractivity contribution >= 4 is 11.3 Å². The SMILES string of the molecule is C=CCCCC(NCC)c1cc(OC)cs1. The van der Waals surface area contributed by atoms with Crippen molar-refractivity contribution in [3.05, 3.63) is 29.0 Å². The van der Waals surface area contributed by atoms with Crippen molar-refractivity contribution in [3.63, 3.8) is 0 Å². The van der Waals surface area contributed by atoms with Gasteiger partial charge in [-0.1, -0.05) is 13.0 Å². The van der Waals surface area contributed by atoms with Crippen molar-refractivity contribution in [1.82, 2.24) is 5.32 Å². The fraction of sp³-hybridized carbons (Fsp3) is 0.538. The number of nitrogens with one attached hydrogen (secondary N) is 1. The van der Waals surface area contributed by atoms with Crippen molar-refractivity contribution in [2.45, 2.75) is 32.2 Å². The highest BCUT2D eigenvalue weighted by atomic mass is 32.1. The fourth-order valence-electron chi connectivity index (χ4n) is 1.68. The molecule has 1 aromatic heterocycles. The molecular weight excluding hydrogens is 218 g/mol. The van der Waals surface area contributed by atoms with E-state index in [0.717, 1.165) is 25.1 Å². The molecule has 0 aliphatic heterocycles. The van der Waals surface area contributed by atoms with Gasteiger partial charge in [-0.05, 0) is 31.9 Å². The van der Waals surface area contributed by atoms with Crippen LogP contribution in [0.3, 0.4) is 0 Å². The predicted octanol–water partition coefficient (Wildman–Crippen LogP) is 3.76. The third-order valence-electron chi connectivity index (χ3n) is 2.53. The Hall–Kier alpha value is -0.800. The fourth-order valence-corrected chi connectivity index (χ4v) is 2.65. The van der Waals surface area contributed by atoms with Crippen LogP contribution in [0, 0.1) is 0 Å². The van der Waals surface area contributed by atoms with E-state index in [1.807, 2.05) is 6.08 Å². The summed E-state index contributed by atoms with van der Waals surface area (Å²) in [6, 6.07) is 2.59. The zero-order chi connectivity index (χ0) is 11.8. The van der Waals surface area contributed by atoms with Crippen LogP contribution in [0.5, 0.6) is 5.75 Å². The first-order valence-corrected chi connectivity index (χ1v) is 6.66. The van der Waals surface area contributed by atoms with Crippen LogP contribution in [-0.2, 0) is 0 Å². The summed E-state index contributed by atoms with van der Waals surface area (Å²) in [4.78, 5) is 1.36. The van der Waals surface area contributed by atoms with E-state index in [4.69, 9.17) is 4.74 Å². The third-order valence-corrected chi connectivity index (χ3v) is 3.55. The summed E-state index contributed by atoms with van der Waals surface area (Å²) < 4.78 is 5.22. The Morgan fingerprint density at radius 2 is 2.44 bits per heavy atom. The monoisotopic (exact) mass is 239 g/mol. The highest BCUT2D eigenvalue weighted by molar-refractivity contribution is 7.10. The average Bonchev–Trinajstić information content (AvgIpc) is 2.76. The van der Waals surface area contributed by atoms with E-state index in [1.165, 1.54) is 11.3 Å². The second-order valence-corrected chi connectivity index (χ2v) is 4.66. The van der Waals surface area contributed by atoms with Crippen LogP contribution in [0.1, 0.15) is 37.1 Å². The molecule has 1 atom stereocenters. The lowest BCUT2D eigenvalue weighted by molar-refractivity contribution is 0.415. The molecule has 0 aliphatic rings. The van der Waals surface area contributed by atoms with E-state index in [0.29, 0.717) is 6.04 Å². The molecule has 3 heteroatoms. The number of hydrogen-bond donors (Lipinski definition) is 1. The molecule has 2 nitrogen and oxygen atoms in total. The number of thiophene rings is 1. The zero-order valence-electron chi connectivity index (χ0n) is 10.2. The van der Waals surface area contributed by atoms with E-state index in [-0.39, 0.29) is 0 Å². The maximum Gasteiger partial charge on any atom is 0.129 e. The summed E-state index contributed by atoms with van der Waals surface area (Å²) in [5, 5.41) is 5.58. The van der Waals surface area contributed by atoms with Crippen LogP contribution in [0.25, 0.3) is 0 Å². The molecule has 0 saturated heterocycles. The standard InChI is InChI=1S/C13H21NOS/c1-4-6-7-8-12(14-5-2)13-9-11(15-3)10-16-13/h4,9-10,12,14H,1,5-8H2,2-3H3. The van der Waals surface area contributed by atoms with Gasteiger partial charge in [0, 0.05) is 16.3 Å². The minimum atomic E-state index is 0.457. The predicted molar refractivity (Wildman–Crippen MR) is 71.3 cm³/mol. The van der Waals surface area contributed by atoms with Crippen LogP contribution in [-0.4, -0.2) is 13.7 Å². The quantitative estimate of drug-likeness (QED) is 0.551. The van der Waals surface area contributed by atoms with E-state index < -0.39 is 0 Å². The number of allylic oxidation sites excluding steroid dienone is 1. The molecule has 1 rings (SSSR count). The van der Waals surface area contributed by atoms with Gasteiger partial charge in [-0.15, -0.1) is 17.9 Å². The number of ether oxygens (including phenoxy) is 1. The largest absolute Gasteiger partial charge is 0.496 e. The average molecular weight is 239 g/mol. The Labute approximate surface area is 102 Å². The van der Waals surface area contributed by atoms with E-state index in [9.17, 15) is 0 Å². The van der Waals surface area contributed by atoms with Crippen molar-refractivity contribution in [1.29, 1.82) is 0 Å². The first kappa shape index (κ1) is 13.3. The molecule has 0 aliphatic carbocycles. The van der Waals surface area contributed by atoms with Crippen LogP contribution >= 0.6 is 11.3 Å².